The lowest BCUT2D eigenvalue weighted by atomic mass is 10.1. The summed E-state index contributed by atoms with van der Waals surface area (Å²) >= 11 is 7.49. The molecule has 0 aliphatic rings. The maximum atomic E-state index is 5.78. The van der Waals surface area contributed by atoms with Gasteiger partial charge < -0.3 is 5.73 Å². The zero-order valence-corrected chi connectivity index (χ0v) is 9.24. The molecule has 0 saturated heterocycles. The Hall–Kier alpha value is -0.180. The summed E-state index contributed by atoms with van der Waals surface area (Å²) in [6.07, 6.45) is 0. The van der Waals surface area contributed by atoms with Crippen molar-refractivity contribution >= 4 is 23.4 Å². The Balaban J connectivity index is 2.69. The first-order chi connectivity index (χ1) is 6.27. The van der Waals surface area contributed by atoms with Crippen molar-refractivity contribution in [3.05, 3.63) is 29.8 Å². The number of rotatable bonds is 4. The smallest absolute Gasteiger partial charge is 0.0432 e. The summed E-state index contributed by atoms with van der Waals surface area (Å²) in [6, 6.07) is 8.24. The Labute approximate surface area is 88.7 Å². The van der Waals surface area contributed by atoms with Crippen LogP contribution in [0.2, 0.25) is 0 Å². The molecule has 1 aromatic rings. The predicted octanol–water partition coefficient (Wildman–Crippen LogP) is 3.04. The standard InChI is InChI=1S/C10H14ClNS/c1-2-13-9-5-3-8(4-6-9)10(12)7-11/h3-6,10H,2,7,12H2,1H3. The average Bonchev–Trinajstić information content (AvgIpc) is 2.18. The van der Waals surface area contributed by atoms with Gasteiger partial charge in [-0.2, -0.15) is 0 Å². The molecule has 0 aliphatic carbocycles. The third-order valence-electron chi connectivity index (χ3n) is 1.79. The highest BCUT2D eigenvalue weighted by molar-refractivity contribution is 7.99. The van der Waals surface area contributed by atoms with E-state index in [0.29, 0.717) is 5.88 Å². The van der Waals surface area contributed by atoms with Gasteiger partial charge in [-0.05, 0) is 23.4 Å². The van der Waals surface area contributed by atoms with Crippen LogP contribution in [0.1, 0.15) is 18.5 Å². The van der Waals surface area contributed by atoms with E-state index >= 15 is 0 Å². The molecule has 1 atom stereocenters. The molecule has 0 amide bonds. The predicted molar refractivity (Wildman–Crippen MR) is 60.5 cm³/mol. The summed E-state index contributed by atoms with van der Waals surface area (Å²) in [5.74, 6) is 1.57. The molecule has 72 valence electrons. The number of hydrogen-bond acceptors (Lipinski definition) is 2. The minimum atomic E-state index is -0.0395. The van der Waals surface area contributed by atoms with E-state index in [1.165, 1.54) is 4.90 Å². The van der Waals surface area contributed by atoms with E-state index in [4.69, 9.17) is 17.3 Å². The molecule has 2 N–H and O–H groups in total. The van der Waals surface area contributed by atoms with Crippen LogP contribution in [0.5, 0.6) is 0 Å². The first-order valence-corrected chi connectivity index (χ1v) is 5.84. The van der Waals surface area contributed by atoms with Gasteiger partial charge in [-0.15, -0.1) is 23.4 Å². The van der Waals surface area contributed by atoms with Gasteiger partial charge >= 0.3 is 0 Å². The van der Waals surface area contributed by atoms with E-state index in [1.54, 1.807) is 0 Å². The molecular formula is C10H14ClNS. The van der Waals surface area contributed by atoms with Crippen LogP contribution in [0.25, 0.3) is 0 Å². The second-order valence-electron chi connectivity index (χ2n) is 2.76. The highest BCUT2D eigenvalue weighted by Crippen LogP contribution is 2.20. The summed E-state index contributed by atoms with van der Waals surface area (Å²) in [5, 5.41) is 0. The first-order valence-electron chi connectivity index (χ1n) is 4.32. The number of thioether (sulfide) groups is 1. The summed E-state index contributed by atoms with van der Waals surface area (Å²) in [4.78, 5) is 1.29. The second-order valence-corrected chi connectivity index (χ2v) is 4.41. The van der Waals surface area contributed by atoms with Crippen molar-refractivity contribution in [1.82, 2.24) is 0 Å². The lowest BCUT2D eigenvalue weighted by molar-refractivity contribution is 0.825. The number of halogens is 1. The molecule has 0 heterocycles. The lowest BCUT2D eigenvalue weighted by Gasteiger charge is -2.08. The van der Waals surface area contributed by atoms with Crippen LogP contribution in [0, 0.1) is 0 Å². The molecule has 0 radical (unpaired) electrons. The van der Waals surface area contributed by atoms with Gasteiger partial charge in [-0.1, -0.05) is 19.1 Å². The molecule has 3 heteroatoms. The van der Waals surface area contributed by atoms with Gasteiger partial charge in [0.15, 0.2) is 0 Å². The number of alkyl halides is 1. The van der Waals surface area contributed by atoms with Crippen molar-refractivity contribution in [3.8, 4) is 0 Å². The lowest BCUT2D eigenvalue weighted by Crippen LogP contribution is -2.11. The Morgan fingerprint density at radius 2 is 2.00 bits per heavy atom. The van der Waals surface area contributed by atoms with Gasteiger partial charge in [0.2, 0.25) is 0 Å². The topological polar surface area (TPSA) is 26.0 Å². The molecule has 1 unspecified atom stereocenters. The zero-order chi connectivity index (χ0) is 9.68. The SMILES string of the molecule is CCSc1ccc(C(N)CCl)cc1. The van der Waals surface area contributed by atoms with Gasteiger partial charge in [0, 0.05) is 16.8 Å². The van der Waals surface area contributed by atoms with Gasteiger partial charge in [0.05, 0.1) is 0 Å². The molecule has 1 rings (SSSR count). The first kappa shape index (κ1) is 10.9. The van der Waals surface area contributed by atoms with Crippen molar-refractivity contribution in [2.24, 2.45) is 5.73 Å². The number of benzene rings is 1. The van der Waals surface area contributed by atoms with Crippen LogP contribution >= 0.6 is 23.4 Å². The maximum Gasteiger partial charge on any atom is 0.0432 e. The molecule has 0 aliphatic heterocycles. The normalized spacial score (nSPS) is 12.8. The van der Waals surface area contributed by atoms with E-state index in [-0.39, 0.29) is 6.04 Å². The minimum absolute atomic E-state index is 0.0395. The summed E-state index contributed by atoms with van der Waals surface area (Å²) in [7, 11) is 0. The molecule has 0 aromatic heterocycles. The van der Waals surface area contributed by atoms with Gasteiger partial charge in [0.1, 0.15) is 0 Å². The van der Waals surface area contributed by atoms with E-state index in [9.17, 15) is 0 Å². The fourth-order valence-electron chi connectivity index (χ4n) is 1.07. The Morgan fingerprint density at radius 1 is 1.38 bits per heavy atom. The number of nitrogens with two attached hydrogens (primary N) is 1. The zero-order valence-electron chi connectivity index (χ0n) is 7.66. The summed E-state index contributed by atoms with van der Waals surface area (Å²) in [5.41, 5.74) is 6.89. The highest BCUT2D eigenvalue weighted by atomic mass is 35.5. The van der Waals surface area contributed by atoms with Crippen molar-refractivity contribution in [2.45, 2.75) is 17.9 Å². The largest absolute Gasteiger partial charge is 0.323 e. The fourth-order valence-corrected chi connectivity index (χ4v) is 1.91. The molecular weight excluding hydrogens is 202 g/mol. The monoisotopic (exact) mass is 215 g/mol. The van der Waals surface area contributed by atoms with Crippen molar-refractivity contribution < 1.29 is 0 Å². The third-order valence-corrected chi connectivity index (χ3v) is 3.01. The van der Waals surface area contributed by atoms with E-state index in [0.717, 1.165) is 11.3 Å². The second kappa shape index (κ2) is 5.53. The number of hydrogen-bond donors (Lipinski definition) is 1. The minimum Gasteiger partial charge on any atom is -0.323 e. The van der Waals surface area contributed by atoms with Crippen LogP contribution in [0.4, 0.5) is 0 Å². The third kappa shape index (κ3) is 3.22. The Bertz CT molecular complexity index is 248. The molecule has 1 nitrogen and oxygen atoms in total. The van der Waals surface area contributed by atoms with Gasteiger partial charge in [-0.3, -0.25) is 0 Å². The molecule has 0 fully saturated rings. The van der Waals surface area contributed by atoms with Gasteiger partial charge in [-0.25, -0.2) is 0 Å². The molecule has 0 saturated carbocycles. The van der Waals surface area contributed by atoms with Crippen LogP contribution in [-0.2, 0) is 0 Å². The molecule has 0 bridgehead atoms. The highest BCUT2D eigenvalue weighted by Gasteiger charge is 2.02. The van der Waals surface area contributed by atoms with E-state index < -0.39 is 0 Å². The van der Waals surface area contributed by atoms with Crippen molar-refractivity contribution in [3.63, 3.8) is 0 Å². The van der Waals surface area contributed by atoms with Crippen LogP contribution in [0.3, 0.4) is 0 Å². The Morgan fingerprint density at radius 3 is 2.46 bits per heavy atom. The van der Waals surface area contributed by atoms with Crippen LogP contribution in [0.15, 0.2) is 29.2 Å². The van der Waals surface area contributed by atoms with E-state index in [2.05, 4.69) is 19.1 Å². The van der Waals surface area contributed by atoms with Crippen LogP contribution < -0.4 is 5.73 Å². The average molecular weight is 216 g/mol. The van der Waals surface area contributed by atoms with Crippen molar-refractivity contribution in [2.75, 3.05) is 11.6 Å². The molecule has 13 heavy (non-hydrogen) atoms. The van der Waals surface area contributed by atoms with Crippen molar-refractivity contribution in [1.29, 1.82) is 0 Å². The van der Waals surface area contributed by atoms with E-state index in [1.807, 2.05) is 23.9 Å². The maximum absolute atomic E-state index is 5.78. The molecule has 1 aromatic carbocycles. The summed E-state index contributed by atoms with van der Waals surface area (Å²) < 4.78 is 0. The van der Waals surface area contributed by atoms with Crippen LogP contribution in [-0.4, -0.2) is 11.6 Å². The summed E-state index contributed by atoms with van der Waals surface area (Å²) in [6.45, 7) is 2.14. The molecule has 0 spiro atoms. The Kier molecular flexibility index (Phi) is 4.64. The quantitative estimate of drug-likeness (QED) is 0.617. The van der Waals surface area contributed by atoms with Gasteiger partial charge in [0.25, 0.3) is 0 Å². The fraction of sp³-hybridized carbons (Fsp3) is 0.400.